The zero-order valence-corrected chi connectivity index (χ0v) is 10.8. The van der Waals surface area contributed by atoms with E-state index in [1.165, 1.54) is 4.68 Å². The molecule has 0 radical (unpaired) electrons. The standard InChI is InChI=1S/C12H10ClN3O3/c1-2-19-12(18)11-10(7-17)16(15-14-11)9-5-3-4-8(13)6-9/h3-7H,2H2,1H3. The van der Waals surface area contributed by atoms with E-state index in [9.17, 15) is 9.59 Å². The third kappa shape index (κ3) is 2.63. The molecule has 0 aliphatic heterocycles. The Hall–Kier alpha value is -2.21. The first-order valence-electron chi connectivity index (χ1n) is 5.51. The number of carbonyl (C=O) groups is 2. The van der Waals surface area contributed by atoms with E-state index >= 15 is 0 Å². The Bertz CT molecular complexity index is 624. The highest BCUT2D eigenvalue weighted by atomic mass is 35.5. The third-order valence-electron chi connectivity index (χ3n) is 2.34. The van der Waals surface area contributed by atoms with E-state index < -0.39 is 5.97 Å². The van der Waals surface area contributed by atoms with Gasteiger partial charge in [-0.2, -0.15) is 0 Å². The molecule has 0 atom stereocenters. The van der Waals surface area contributed by atoms with E-state index in [0.29, 0.717) is 17.0 Å². The summed E-state index contributed by atoms with van der Waals surface area (Å²) in [6, 6.07) is 6.70. The highest BCUT2D eigenvalue weighted by Gasteiger charge is 2.21. The highest BCUT2D eigenvalue weighted by molar-refractivity contribution is 6.30. The molecule has 0 aliphatic carbocycles. The van der Waals surface area contributed by atoms with Crippen molar-refractivity contribution in [2.45, 2.75) is 6.92 Å². The van der Waals surface area contributed by atoms with E-state index in [0.717, 1.165) is 0 Å². The van der Waals surface area contributed by atoms with Crippen LogP contribution in [0.3, 0.4) is 0 Å². The molecule has 1 aromatic carbocycles. The van der Waals surface area contributed by atoms with E-state index in [-0.39, 0.29) is 18.0 Å². The number of benzene rings is 1. The maximum absolute atomic E-state index is 11.6. The Morgan fingerprint density at radius 2 is 2.32 bits per heavy atom. The minimum atomic E-state index is -0.683. The van der Waals surface area contributed by atoms with Gasteiger partial charge in [-0.15, -0.1) is 5.10 Å². The van der Waals surface area contributed by atoms with Gasteiger partial charge in [0.25, 0.3) is 0 Å². The second kappa shape index (κ2) is 5.62. The first-order valence-corrected chi connectivity index (χ1v) is 5.89. The number of carbonyl (C=O) groups excluding carboxylic acids is 2. The molecule has 0 saturated carbocycles. The number of hydrogen-bond acceptors (Lipinski definition) is 5. The van der Waals surface area contributed by atoms with Crippen LogP contribution in [0.4, 0.5) is 0 Å². The van der Waals surface area contributed by atoms with Crippen LogP contribution in [0.2, 0.25) is 5.02 Å². The summed E-state index contributed by atoms with van der Waals surface area (Å²) < 4.78 is 6.04. The van der Waals surface area contributed by atoms with Crippen molar-refractivity contribution in [2.24, 2.45) is 0 Å². The third-order valence-corrected chi connectivity index (χ3v) is 2.57. The predicted octanol–water partition coefficient (Wildman–Crippen LogP) is 1.91. The minimum absolute atomic E-state index is 0.0284. The number of aldehydes is 1. The Morgan fingerprint density at radius 3 is 2.95 bits per heavy atom. The lowest BCUT2D eigenvalue weighted by Gasteiger charge is -2.03. The number of aromatic nitrogens is 3. The number of hydrogen-bond donors (Lipinski definition) is 0. The van der Waals surface area contributed by atoms with Crippen LogP contribution >= 0.6 is 11.6 Å². The van der Waals surface area contributed by atoms with Crippen LogP contribution in [0.1, 0.15) is 27.9 Å². The molecule has 0 unspecified atom stereocenters. The fourth-order valence-corrected chi connectivity index (χ4v) is 1.72. The molecule has 7 heteroatoms. The van der Waals surface area contributed by atoms with Gasteiger partial charge in [0.1, 0.15) is 5.69 Å². The number of ether oxygens (including phenoxy) is 1. The normalized spacial score (nSPS) is 10.2. The number of rotatable bonds is 4. The second-order valence-corrected chi connectivity index (χ2v) is 3.99. The first kappa shape index (κ1) is 13.2. The molecule has 6 nitrogen and oxygen atoms in total. The van der Waals surface area contributed by atoms with Crippen LogP contribution in [0.5, 0.6) is 0 Å². The van der Waals surface area contributed by atoms with Gasteiger partial charge in [0.15, 0.2) is 6.29 Å². The van der Waals surface area contributed by atoms with Crippen molar-refractivity contribution in [2.75, 3.05) is 6.61 Å². The number of esters is 1. The minimum Gasteiger partial charge on any atom is -0.461 e. The van der Waals surface area contributed by atoms with E-state index in [4.69, 9.17) is 16.3 Å². The van der Waals surface area contributed by atoms with Gasteiger partial charge in [0, 0.05) is 5.02 Å². The van der Waals surface area contributed by atoms with Crippen LogP contribution in [0, 0.1) is 0 Å². The maximum Gasteiger partial charge on any atom is 0.361 e. The van der Waals surface area contributed by atoms with Crippen LogP contribution in [-0.4, -0.2) is 33.9 Å². The van der Waals surface area contributed by atoms with Gasteiger partial charge in [-0.25, -0.2) is 9.48 Å². The van der Waals surface area contributed by atoms with Crippen LogP contribution in [0.15, 0.2) is 24.3 Å². The molecular weight excluding hydrogens is 270 g/mol. The van der Waals surface area contributed by atoms with Crippen LogP contribution < -0.4 is 0 Å². The number of nitrogens with zero attached hydrogens (tertiary/aromatic N) is 3. The second-order valence-electron chi connectivity index (χ2n) is 3.55. The van der Waals surface area contributed by atoms with Gasteiger partial charge in [-0.05, 0) is 25.1 Å². The van der Waals surface area contributed by atoms with Crippen molar-refractivity contribution in [3.8, 4) is 5.69 Å². The van der Waals surface area contributed by atoms with Gasteiger partial charge in [0.05, 0.1) is 12.3 Å². The molecule has 1 aromatic heterocycles. The Balaban J connectivity index is 2.48. The van der Waals surface area contributed by atoms with Crippen molar-refractivity contribution in [1.82, 2.24) is 15.0 Å². The predicted molar refractivity (Wildman–Crippen MR) is 67.7 cm³/mol. The molecule has 0 aliphatic rings. The summed E-state index contributed by atoms with van der Waals surface area (Å²) in [4.78, 5) is 22.7. The van der Waals surface area contributed by atoms with E-state index in [1.807, 2.05) is 0 Å². The molecular formula is C12H10ClN3O3. The average Bonchev–Trinajstić information content (AvgIpc) is 2.82. The van der Waals surface area contributed by atoms with Crippen molar-refractivity contribution in [3.63, 3.8) is 0 Å². The van der Waals surface area contributed by atoms with Gasteiger partial charge >= 0.3 is 5.97 Å². The largest absolute Gasteiger partial charge is 0.461 e. The van der Waals surface area contributed by atoms with E-state index in [2.05, 4.69) is 10.3 Å². The SMILES string of the molecule is CCOC(=O)c1nnn(-c2cccc(Cl)c2)c1C=O. The van der Waals surface area contributed by atoms with E-state index in [1.54, 1.807) is 31.2 Å². The van der Waals surface area contributed by atoms with Gasteiger partial charge in [0.2, 0.25) is 5.69 Å². The summed E-state index contributed by atoms with van der Waals surface area (Å²) in [5.74, 6) is -0.683. The summed E-state index contributed by atoms with van der Waals surface area (Å²) in [5.41, 5.74) is 0.454. The van der Waals surface area contributed by atoms with Gasteiger partial charge in [-0.1, -0.05) is 22.9 Å². The first-order chi connectivity index (χ1) is 9.17. The molecule has 0 amide bonds. The van der Waals surface area contributed by atoms with Crippen molar-refractivity contribution in [3.05, 3.63) is 40.7 Å². The van der Waals surface area contributed by atoms with Crippen molar-refractivity contribution in [1.29, 1.82) is 0 Å². The molecule has 0 saturated heterocycles. The topological polar surface area (TPSA) is 74.1 Å². The quantitative estimate of drug-likeness (QED) is 0.631. The molecule has 0 fully saturated rings. The molecule has 0 bridgehead atoms. The summed E-state index contributed by atoms with van der Waals surface area (Å²) >= 11 is 5.87. The lowest BCUT2D eigenvalue weighted by molar-refractivity contribution is 0.0517. The molecule has 0 spiro atoms. The zero-order valence-electron chi connectivity index (χ0n) is 10.0. The summed E-state index contributed by atoms with van der Waals surface area (Å²) in [6.07, 6.45) is 0.507. The maximum atomic E-state index is 11.6. The monoisotopic (exact) mass is 279 g/mol. The Kier molecular flexibility index (Phi) is 3.91. The summed E-state index contributed by atoms with van der Waals surface area (Å²) in [7, 11) is 0. The van der Waals surface area contributed by atoms with Crippen molar-refractivity contribution < 1.29 is 14.3 Å². The molecule has 98 valence electrons. The number of halogens is 1. The molecule has 19 heavy (non-hydrogen) atoms. The van der Waals surface area contributed by atoms with Crippen molar-refractivity contribution >= 4 is 23.9 Å². The summed E-state index contributed by atoms with van der Waals surface area (Å²) in [5, 5.41) is 7.94. The fraction of sp³-hybridized carbons (Fsp3) is 0.167. The molecule has 2 aromatic rings. The van der Waals surface area contributed by atoms with Crippen LogP contribution in [0.25, 0.3) is 5.69 Å². The zero-order chi connectivity index (χ0) is 13.8. The summed E-state index contributed by atoms with van der Waals surface area (Å²) in [6.45, 7) is 1.86. The Labute approximate surface area is 113 Å². The smallest absolute Gasteiger partial charge is 0.361 e. The fourth-order valence-electron chi connectivity index (χ4n) is 1.54. The molecule has 2 rings (SSSR count). The van der Waals surface area contributed by atoms with Crippen LogP contribution in [-0.2, 0) is 4.74 Å². The van der Waals surface area contributed by atoms with Gasteiger partial charge in [-0.3, -0.25) is 4.79 Å². The average molecular weight is 280 g/mol. The lowest BCUT2D eigenvalue weighted by Crippen LogP contribution is -2.09. The van der Waals surface area contributed by atoms with Gasteiger partial charge < -0.3 is 4.74 Å². The highest BCUT2D eigenvalue weighted by Crippen LogP contribution is 2.16. The Morgan fingerprint density at radius 1 is 1.53 bits per heavy atom. The lowest BCUT2D eigenvalue weighted by atomic mass is 10.3. The molecule has 1 heterocycles. The molecule has 0 N–H and O–H groups in total.